The molecule has 1 unspecified atom stereocenters. The van der Waals surface area contributed by atoms with Gasteiger partial charge in [-0.2, -0.15) is 0 Å². The summed E-state index contributed by atoms with van der Waals surface area (Å²) in [5.41, 5.74) is 0. The molecule has 2 aromatic heterocycles. The van der Waals surface area contributed by atoms with Crippen molar-refractivity contribution in [1.82, 2.24) is 9.13 Å². The lowest BCUT2D eigenvalue weighted by Crippen LogP contribution is -2.12. The molecule has 116 valence electrons. The van der Waals surface area contributed by atoms with Crippen LogP contribution in [0.3, 0.4) is 0 Å². The topological polar surface area (TPSA) is 111 Å². The van der Waals surface area contributed by atoms with E-state index in [9.17, 15) is 25.5 Å². The summed E-state index contributed by atoms with van der Waals surface area (Å²) in [6.07, 6.45) is 1.92. The molecule has 0 amide bonds. The van der Waals surface area contributed by atoms with E-state index in [1.807, 2.05) is 0 Å². The van der Waals surface area contributed by atoms with Crippen LogP contribution in [0.1, 0.15) is 25.3 Å². The molecule has 2 heterocycles. The highest BCUT2D eigenvalue weighted by atomic mass is 16.3. The number of hydrogen-bond donors (Lipinski definition) is 5. The van der Waals surface area contributed by atoms with E-state index < -0.39 is 6.04 Å². The van der Waals surface area contributed by atoms with Crippen molar-refractivity contribution >= 4 is 0 Å². The highest BCUT2D eigenvalue weighted by molar-refractivity contribution is 5.25. The Balaban J connectivity index is 1.87. The quantitative estimate of drug-likeness (QED) is 0.497. The molecule has 0 aliphatic rings. The number of aromatic hydroxyl groups is 4. The van der Waals surface area contributed by atoms with Gasteiger partial charge in [-0.15, -0.1) is 0 Å². The van der Waals surface area contributed by atoms with E-state index in [0.717, 1.165) is 0 Å². The Morgan fingerprint density at radius 1 is 0.810 bits per heavy atom. The summed E-state index contributed by atoms with van der Waals surface area (Å²) in [5.74, 6) is -0.168. The standard InChI is InChI=1S/C14H20N2O5/c17-9-10(16-13(20)6-7-14(16)21)3-1-2-8-15-11(18)4-5-12(15)19/h4-7,10,17-21H,1-3,8-9H2. The minimum absolute atomic E-state index is 0.00640. The number of unbranched alkanes of at least 4 members (excludes halogenated alkanes) is 1. The molecule has 0 spiro atoms. The molecular formula is C14H20N2O5. The van der Waals surface area contributed by atoms with Gasteiger partial charge in [0.15, 0.2) is 23.5 Å². The number of nitrogens with zero attached hydrogens (tertiary/aromatic N) is 2. The molecule has 2 aromatic rings. The summed E-state index contributed by atoms with van der Waals surface area (Å²) >= 11 is 0. The Morgan fingerprint density at radius 2 is 1.33 bits per heavy atom. The SMILES string of the molecule is OCC(CCCCn1c(O)ccc1O)n1c(O)ccc1O. The van der Waals surface area contributed by atoms with Gasteiger partial charge in [0.05, 0.1) is 12.6 Å². The van der Waals surface area contributed by atoms with Crippen molar-refractivity contribution in [3.05, 3.63) is 24.3 Å². The maximum atomic E-state index is 9.63. The summed E-state index contributed by atoms with van der Waals surface area (Å²) in [6.45, 7) is 0.252. The van der Waals surface area contributed by atoms with Crippen LogP contribution in [0, 0.1) is 0 Å². The zero-order valence-electron chi connectivity index (χ0n) is 11.6. The van der Waals surface area contributed by atoms with Crippen LogP contribution >= 0.6 is 0 Å². The van der Waals surface area contributed by atoms with Gasteiger partial charge in [0, 0.05) is 30.8 Å². The second-order valence-corrected chi connectivity index (χ2v) is 4.95. The number of rotatable bonds is 7. The lowest BCUT2D eigenvalue weighted by atomic mass is 10.1. The van der Waals surface area contributed by atoms with Crippen LogP contribution in [-0.2, 0) is 6.54 Å². The normalized spacial score (nSPS) is 12.6. The second kappa shape index (κ2) is 6.45. The molecule has 7 heteroatoms. The summed E-state index contributed by atoms with van der Waals surface area (Å²) in [7, 11) is 0. The fraction of sp³-hybridized carbons (Fsp3) is 0.429. The zero-order chi connectivity index (χ0) is 15.4. The molecule has 0 aliphatic carbocycles. The molecule has 0 radical (unpaired) electrons. The van der Waals surface area contributed by atoms with Crippen LogP contribution in [0.2, 0.25) is 0 Å². The highest BCUT2D eigenvalue weighted by Crippen LogP contribution is 2.29. The minimum atomic E-state index is -0.410. The predicted molar refractivity (Wildman–Crippen MR) is 75.5 cm³/mol. The fourth-order valence-electron chi connectivity index (χ4n) is 2.43. The first-order valence-electron chi connectivity index (χ1n) is 6.82. The second-order valence-electron chi connectivity index (χ2n) is 4.95. The third-order valence-electron chi connectivity index (χ3n) is 3.55. The van der Waals surface area contributed by atoms with E-state index in [1.54, 1.807) is 0 Å². The summed E-state index contributed by atoms with van der Waals surface area (Å²) in [4.78, 5) is 0. The predicted octanol–water partition coefficient (Wildman–Crippen LogP) is 1.52. The van der Waals surface area contributed by atoms with E-state index in [-0.39, 0.29) is 30.1 Å². The number of aliphatic hydroxyl groups is 1. The van der Waals surface area contributed by atoms with Crippen molar-refractivity contribution in [2.24, 2.45) is 0 Å². The van der Waals surface area contributed by atoms with Crippen LogP contribution in [-0.4, -0.2) is 41.3 Å². The molecule has 0 bridgehead atoms. The van der Waals surface area contributed by atoms with Crippen LogP contribution < -0.4 is 0 Å². The van der Waals surface area contributed by atoms with E-state index in [2.05, 4.69) is 0 Å². The molecule has 0 saturated heterocycles. The minimum Gasteiger partial charge on any atom is -0.494 e. The van der Waals surface area contributed by atoms with Crippen molar-refractivity contribution in [2.45, 2.75) is 31.8 Å². The Kier molecular flexibility index (Phi) is 4.64. The van der Waals surface area contributed by atoms with Gasteiger partial charge in [0.1, 0.15) is 0 Å². The van der Waals surface area contributed by atoms with Gasteiger partial charge in [-0.05, 0) is 19.3 Å². The Labute approximate surface area is 121 Å². The summed E-state index contributed by atoms with van der Waals surface area (Å²) < 4.78 is 2.67. The van der Waals surface area contributed by atoms with Crippen LogP contribution in [0.15, 0.2) is 24.3 Å². The monoisotopic (exact) mass is 296 g/mol. The average Bonchev–Trinajstić information content (AvgIpc) is 2.95. The highest BCUT2D eigenvalue weighted by Gasteiger charge is 2.16. The number of hydrogen-bond acceptors (Lipinski definition) is 5. The van der Waals surface area contributed by atoms with Gasteiger partial charge >= 0.3 is 0 Å². The molecule has 1 atom stereocenters. The molecule has 2 rings (SSSR count). The molecule has 0 aromatic carbocycles. The molecule has 21 heavy (non-hydrogen) atoms. The van der Waals surface area contributed by atoms with Crippen molar-refractivity contribution in [3.63, 3.8) is 0 Å². The third kappa shape index (κ3) is 3.25. The maximum Gasteiger partial charge on any atom is 0.194 e. The lowest BCUT2D eigenvalue weighted by molar-refractivity contribution is 0.197. The molecule has 0 fully saturated rings. The summed E-state index contributed by atoms with van der Waals surface area (Å²) in [5, 5.41) is 47.7. The zero-order valence-corrected chi connectivity index (χ0v) is 11.6. The average molecular weight is 296 g/mol. The van der Waals surface area contributed by atoms with Crippen molar-refractivity contribution in [3.8, 4) is 23.5 Å². The first-order valence-corrected chi connectivity index (χ1v) is 6.82. The number of aliphatic hydroxyl groups excluding tert-OH is 1. The van der Waals surface area contributed by atoms with Crippen molar-refractivity contribution < 1.29 is 25.5 Å². The van der Waals surface area contributed by atoms with Gasteiger partial charge < -0.3 is 25.5 Å². The van der Waals surface area contributed by atoms with Gasteiger partial charge in [-0.1, -0.05) is 0 Å². The molecular weight excluding hydrogens is 276 g/mol. The smallest absolute Gasteiger partial charge is 0.194 e. The maximum absolute atomic E-state index is 9.63. The first-order chi connectivity index (χ1) is 10.0. The van der Waals surface area contributed by atoms with Crippen molar-refractivity contribution in [2.75, 3.05) is 6.61 Å². The number of aromatic nitrogens is 2. The lowest BCUT2D eigenvalue weighted by Gasteiger charge is -2.18. The van der Waals surface area contributed by atoms with Gasteiger partial charge in [0.2, 0.25) is 0 Å². The fourth-order valence-corrected chi connectivity index (χ4v) is 2.43. The Bertz CT molecular complexity index is 551. The van der Waals surface area contributed by atoms with Gasteiger partial charge in [-0.3, -0.25) is 9.13 Å². The van der Waals surface area contributed by atoms with Crippen molar-refractivity contribution in [1.29, 1.82) is 0 Å². The van der Waals surface area contributed by atoms with E-state index in [1.165, 1.54) is 33.4 Å². The molecule has 7 nitrogen and oxygen atoms in total. The Morgan fingerprint density at radius 3 is 1.86 bits per heavy atom. The first kappa shape index (κ1) is 15.1. The van der Waals surface area contributed by atoms with Crippen LogP contribution in [0.25, 0.3) is 0 Å². The Hall–Kier alpha value is -2.28. The summed E-state index contributed by atoms with van der Waals surface area (Å²) in [6, 6.07) is 5.16. The largest absolute Gasteiger partial charge is 0.494 e. The third-order valence-corrected chi connectivity index (χ3v) is 3.55. The van der Waals surface area contributed by atoms with E-state index >= 15 is 0 Å². The molecule has 5 N–H and O–H groups in total. The van der Waals surface area contributed by atoms with Crippen LogP contribution in [0.5, 0.6) is 23.5 Å². The van der Waals surface area contributed by atoms with Gasteiger partial charge in [-0.25, -0.2) is 0 Å². The van der Waals surface area contributed by atoms with E-state index in [4.69, 9.17) is 0 Å². The van der Waals surface area contributed by atoms with Gasteiger partial charge in [0.25, 0.3) is 0 Å². The van der Waals surface area contributed by atoms with Crippen LogP contribution in [0.4, 0.5) is 0 Å². The molecule has 0 aliphatic heterocycles. The molecule has 0 saturated carbocycles. The van der Waals surface area contributed by atoms with E-state index in [0.29, 0.717) is 25.8 Å².